The van der Waals surface area contributed by atoms with E-state index in [9.17, 15) is 14.4 Å². The van der Waals surface area contributed by atoms with Crippen LogP contribution in [0.4, 0.5) is 5.69 Å². The first-order valence-electron chi connectivity index (χ1n) is 6.38. The van der Waals surface area contributed by atoms with Gasteiger partial charge in [0.05, 0.1) is 0 Å². The Bertz CT molecular complexity index is 510. The molecule has 0 atom stereocenters. The molecule has 0 unspecified atom stereocenters. The molecule has 0 bridgehead atoms. The van der Waals surface area contributed by atoms with E-state index in [1.165, 1.54) is 0 Å². The topological polar surface area (TPSA) is 86.7 Å². The Labute approximate surface area is 117 Å². The van der Waals surface area contributed by atoms with Crippen molar-refractivity contribution >= 4 is 23.5 Å². The maximum atomic E-state index is 12.1. The third kappa shape index (κ3) is 4.38. The monoisotopic (exact) mass is 278 g/mol. The molecule has 0 saturated heterocycles. The van der Waals surface area contributed by atoms with Crippen molar-refractivity contribution in [1.82, 2.24) is 4.90 Å². The van der Waals surface area contributed by atoms with Gasteiger partial charge in [0.1, 0.15) is 6.42 Å². The lowest BCUT2D eigenvalue weighted by molar-refractivity contribution is -0.139. The van der Waals surface area contributed by atoms with Crippen molar-refractivity contribution in [2.24, 2.45) is 0 Å². The largest absolute Gasteiger partial charge is 0.481 e. The van der Waals surface area contributed by atoms with Gasteiger partial charge in [-0.25, -0.2) is 0 Å². The van der Waals surface area contributed by atoms with Crippen LogP contribution in [0.1, 0.15) is 30.6 Å². The fraction of sp³-hybridized carbons (Fsp3) is 0.357. The van der Waals surface area contributed by atoms with Crippen LogP contribution in [0.15, 0.2) is 24.3 Å². The van der Waals surface area contributed by atoms with E-state index in [4.69, 9.17) is 5.11 Å². The standard InChI is InChI=1S/C14H18N2O4/c1-3-16(4-2)14(20)10-6-5-7-11(8-10)15-12(17)9-13(18)19/h5-8H,3-4,9H2,1-2H3,(H,15,17)(H,18,19). The lowest BCUT2D eigenvalue weighted by Crippen LogP contribution is -2.30. The number of hydrogen-bond donors (Lipinski definition) is 2. The van der Waals surface area contributed by atoms with Crippen LogP contribution in [0.2, 0.25) is 0 Å². The lowest BCUT2D eigenvalue weighted by Gasteiger charge is -2.18. The van der Waals surface area contributed by atoms with Gasteiger partial charge in [0.15, 0.2) is 0 Å². The number of carbonyl (C=O) groups excluding carboxylic acids is 2. The molecule has 0 aliphatic rings. The Morgan fingerprint density at radius 1 is 1.20 bits per heavy atom. The molecule has 0 spiro atoms. The summed E-state index contributed by atoms with van der Waals surface area (Å²) in [5.41, 5.74) is 0.871. The Hall–Kier alpha value is -2.37. The molecule has 1 aromatic rings. The van der Waals surface area contributed by atoms with Gasteiger partial charge in [-0.2, -0.15) is 0 Å². The molecule has 2 N–H and O–H groups in total. The third-order valence-corrected chi connectivity index (χ3v) is 2.76. The second-order valence-corrected chi connectivity index (χ2v) is 4.18. The molecule has 6 heteroatoms. The highest BCUT2D eigenvalue weighted by atomic mass is 16.4. The minimum Gasteiger partial charge on any atom is -0.481 e. The van der Waals surface area contributed by atoms with E-state index in [0.29, 0.717) is 24.3 Å². The molecule has 0 aliphatic heterocycles. The van der Waals surface area contributed by atoms with E-state index in [1.807, 2.05) is 13.8 Å². The summed E-state index contributed by atoms with van der Waals surface area (Å²) in [6.45, 7) is 4.98. The summed E-state index contributed by atoms with van der Waals surface area (Å²) in [5, 5.41) is 11.0. The first-order valence-corrected chi connectivity index (χ1v) is 6.38. The van der Waals surface area contributed by atoms with Crippen LogP contribution in [-0.4, -0.2) is 40.9 Å². The van der Waals surface area contributed by atoms with Crippen LogP contribution >= 0.6 is 0 Å². The Kier molecular flexibility index (Phi) is 5.71. The number of carboxylic acids is 1. The van der Waals surface area contributed by atoms with Crippen molar-refractivity contribution in [3.05, 3.63) is 29.8 Å². The van der Waals surface area contributed by atoms with Crippen molar-refractivity contribution in [3.8, 4) is 0 Å². The average molecular weight is 278 g/mol. The third-order valence-electron chi connectivity index (χ3n) is 2.76. The van der Waals surface area contributed by atoms with Crippen LogP contribution < -0.4 is 5.32 Å². The number of rotatable bonds is 6. The Morgan fingerprint density at radius 2 is 1.85 bits per heavy atom. The minimum absolute atomic E-state index is 0.121. The number of benzene rings is 1. The molecular weight excluding hydrogens is 260 g/mol. The van der Waals surface area contributed by atoms with Gasteiger partial charge >= 0.3 is 5.97 Å². The summed E-state index contributed by atoms with van der Waals surface area (Å²) in [5.74, 6) is -1.94. The van der Waals surface area contributed by atoms with Gasteiger partial charge in [0, 0.05) is 24.3 Å². The van der Waals surface area contributed by atoms with Gasteiger partial charge in [-0.15, -0.1) is 0 Å². The smallest absolute Gasteiger partial charge is 0.312 e. The van der Waals surface area contributed by atoms with Crippen molar-refractivity contribution in [2.45, 2.75) is 20.3 Å². The van der Waals surface area contributed by atoms with Crippen LogP contribution in [0.3, 0.4) is 0 Å². The number of hydrogen-bond acceptors (Lipinski definition) is 3. The molecule has 0 saturated carbocycles. The van der Waals surface area contributed by atoms with Gasteiger partial charge < -0.3 is 15.3 Å². The van der Waals surface area contributed by atoms with E-state index in [2.05, 4.69) is 5.32 Å². The zero-order valence-electron chi connectivity index (χ0n) is 11.5. The second kappa shape index (κ2) is 7.28. The number of carbonyl (C=O) groups is 3. The molecule has 0 aromatic heterocycles. The number of anilines is 1. The van der Waals surface area contributed by atoms with E-state index in [0.717, 1.165) is 0 Å². The fourth-order valence-corrected chi connectivity index (χ4v) is 1.77. The Balaban J connectivity index is 2.83. The van der Waals surface area contributed by atoms with E-state index < -0.39 is 18.3 Å². The predicted octanol–water partition coefficient (Wildman–Crippen LogP) is 1.58. The van der Waals surface area contributed by atoms with Crippen molar-refractivity contribution in [2.75, 3.05) is 18.4 Å². The van der Waals surface area contributed by atoms with E-state index in [-0.39, 0.29) is 5.91 Å². The number of nitrogens with one attached hydrogen (secondary N) is 1. The van der Waals surface area contributed by atoms with E-state index in [1.54, 1.807) is 29.2 Å². The first-order chi connectivity index (χ1) is 9.47. The van der Waals surface area contributed by atoms with Crippen LogP contribution in [0.5, 0.6) is 0 Å². The molecule has 0 radical (unpaired) electrons. The molecule has 0 heterocycles. The summed E-state index contributed by atoms with van der Waals surface area (Å²) in [6.07, 6.45) is -0.603. The summed E-state index contributed by atoms with van der Waals surface area (Å²) in [6, 6.07) is 6.46. The number of carboxylic acid groups (broad SMARTS) is 1. The molecular formula is C14H18N2O4. The lowest BCUT2D eigenvalue weighted by atomic mass is 10.1. The molecule has 0 aliphatic carbocycles. The molecule has 2 amide bonds. The molecule has 20 heavy (non-hydrogen) atoms. The zero-order chi connectivity index (χ0) is 15.1. The molecule has 1 aromatic carbocycles. The quantitative estimate of drug-likeness (QED) is 0.773. The van der Waals surface area contributed by atoms with Crippen LogP contribution in [-0.2, 0) is 9.59 Å². The van der Waals surface area contributed by atoms with Gasteiger partial charge in [-0.05, 0) is 32.0 Å². The van der Waals surface area contributed by atoms with E-state index >= 15 is 0 Å². The minimum atomic E-state index is -1.20. The maximum Gasteiger partial charge on any atom is 0.312 e. The highest BCUT2D eigenvalue weighted by molar-refractivity contribution is 6.02. The maximum absolute atomic E-state index is 12.1. The summed E-state index contributed by atoms with van der Waals surface area (Å²) >= 11 is 0. The second-order valence-electron chi connectivity index (χ2n) is 4.18. The average Bonchev–Trinajstić information content (AvgIpc) is 2.39. The van der Waals surface area contributed by atoms with Crippen LogP contribution in [0, 0.1) is 0 Å². The summed E-state index contributed by atoms with van der Waals surface area (Å²) < 4.78 is 0. The predicted molar refractivity (Wildman–Crippen MR) is 74.6 cm³/mol. The highest BCUT2D eigenvalue weighted by Gasteiger charge is 2.13. The van der Waals surface area contributed by atoms with Gasteiger partial charge in [-0.3, -0.25) is 14.4 Å². The number of aliphatic carboxylic acids is 1. The molecule has 108 valence electrons. The normalized spacial score (nSPS) is 9.90. The first kappa shape index (κ1) is 15.7. The van der Waals surface area contributed by atoms with Crippen molar-refractivity contribution in [1.29, 1.82) is 0 Å². The SMILES string of the molecule is CCN(CC)C(=O)c1cccc(NC(=O)CC(=O)O)c1. The Morgan fingerprint density at radius 3 is 2.40 bits per heavy atom. The van der Waals surface area contributed by atoms with Gasteiger partial charge in [-0.1, -0.05) is 6.07 Å². The zero-order valence-corrected chi connectivity index (χ0v) is 11.5. The summed E-state index contributed by atoms with van der Waals surface area (Å²) in [4.78, 5) is 35.6. The van der Waals surface area contributed by atoms with Crippen molar-refractivity contribution in [3.63, 3.8) is 0 Å². The summed E-state index contributed by atoms with van der Waals surface area (Å²) in [7, 11) is 0. The van der Waals surface area contributed by atoms with Gasteiger partial charge in [0.25, 0.3) is 5.91 Å². The highest BCUT2D eigenvalue weighted by Crippen LogP contribution is 2.13. The van der Waals surface area contributed by atoms with Crippen molar-refractivity contribution < 1.29 is 19.5 Å². The molecule has 6 nitrogen and oxygen atoms in total. The number of nitrogens with zero attached hydrogens (tertiary/aromatic N) is 1. The van der Waals surface area contributed by atoms with Crippen LogP contribution in [0.25, 0.3) is 0 Å². The molecule has 0 fully saturated rings. The molecule has 1 rings (SSSR count). The fourth-order valence-electron chi connectivity index (χ4n) is 1.77. The number of amides is 2. The van der Waals surface area contributed by atoms with Gasteiger partial charge in [0.2, 0.25) is 5.91 Å².